The Morgan fingerprint density at radius 1 is 0.403 bits per heavy atom. The molecule has 316 valence electrons. The van der Waals surface area contributed by atoms with Crippen molar-refractivity contribution in [3.8, 4) is 27.9 Å². The molecule has 2 atom stereocenters. The molecule has 0 radical (unpaired) electrons. The van der Waals surface area contributed by atoms with E-state index in [9.17, 15) is 0 Å². The van der Waals surface area contributed by atoms with Crippen LogP contribution >= 0.6 is 11.3 Å². The molecule has 0 N–H and O–H groups in total. The van der Waals surface area contributed by atoms with Crippen molar-refractivity contribution < 1.29 is 0 Å². The molecule has 3 aromatic heterocycles. The molecular weight excluding hydrogens is 831 g/mol. The van der Waals surface area contributed by atoms with E-state index in [0.29, 0.717) is 0 Å². The van der Waals surface area contributed by atoms with Crippen LogP contribution in [0.2, 0.25) is 0 Å². The van der Waals surface area contributed by atoms with Crippen LogP contribution in [0.15, 0.2) is 223 Å². The van der Waals surface area contributed by atoms with Crippen LogP contribution in [0.3, 0.4) is 0 Å². The highest BCUT2D eigenvalue weighted by molar-refractivity contribution is 7.27. The number of benzene rings is 10. The fourth-order valence-corrected chi connectivity index (χ4v) is 12.9. The number of para-hydroxylation sites is 4. The van der Waals surface area contributed by atoms with Crippen LogP contribution in [0, 0.1) is 5.92 Å². The maximum atomic E-state index is 5.71. The van der Waals surface area contributed by atoms with E-state index in [1.807, 2.05) is 11.3 Å². The molecular formula is C63H43N3S. The van der Waals surface area contributed by atoms with Crippen LogP contribution in [-0.4, -0.2) is 15.0 Å². The molecule has 13 aromatic rings. The van der Waals surface area contributed by atoms with Crippen molar-refractivity contribution in [2.24, 2.45) is 10.9 Å². The first-order chi connectivity index (χ1) is 33.2. The Morgan fingerprint density at radius 3 is 1.72 bits per heavy atom. The van der Waals surface area contributed by atoms with Crippen molar-refractivity contribution in [3.05, 3.63) is 230 Å². The van der Waals surface area contributed by atoms with Crippen LogP contribution in [0.25, 0.3) is 102 Å². The molecule has 0 saturated heterocycles. The van der Waals surface area contributed by atoms with Crippen LogP contribution in [0.1, 0.15) is 30.4 Å². The van der Waals surface area contributed by atoms with Crippen molar-refractivity contribution in [3.63, 3.8) is 0 Å². The molecule has 14 rings (SSSR count). The van der Waals surface area contributed by atoms with E-state index in [4.69, 9.17) is 4.99 Å². The zero-order valence-corrected chi connectivity index (χ0v) is 37.7. The van der Waals surface area contributed by atoms with E-state index >= 15 is 0 Å². The van der Waals surface area contributed by atoms with Crippen LogP contribution < -0.4 is 0 Å². The van der Waals surface area contributed by atoms with Gasteiger partial charge in [-0.25, -0.2) is 4.99 Å². The van der Waals surface area contributed by atoms with Crippen molar-refractivity contribution in [2.45, 2.75) is 19.3 Å². The van der Waals surface area contributed by atoms with E-state index in [-0.39, 0.29) is 11.8 Å². The van der Waals surface area contributed by atoms with E-state index in [0.717, 1.165) is 17.9 Å². The molecule has 0 saturated carbocycles. The molecule has 0 fully saturated rings. The van der Waals surface area contributed by atoms with Gasteiger partial charge in [0.2, 0.25) is 0 Å². The molecule has 0 bridgehead atoms. The lowest BCUT2D eigenvalue weighted by molar-refractivity contribution is 0.568. The summed E-state index contributed by atoms with van der Waals surface area (Å²) in [6, 6.07) is 80.8. The Morgan fingerprint density at radius 2 is 0.985 bits per heavy atom. The number of aromatic nitrogens is 2. The van der Waals surface area contributed by atoms with Gasteiger partial charge in [0.1, 0.15) is 5.84 Å². The van der Waals surface area contributed by atoms with Crippen LogP contribution in [-0.2, 0) is 0 Å². The molecule has 1 aliphatic heterocycles. The first-order valence-corrected chi connectivity index (χ1v) is 24.3. The van der Waals surface area contributed by atoms with Gasteiger partial charge in [-0.2, -0.15) is 0 Å². The quantitative estimate of drug-likeness (QED) is 0.164. The Hall–Kier alpha value is -8.05. The minimum Gasteiger partial charge on any atom is -0.309 e. The van der Waals surface area contributed by atoms with Gasteiger partial charge in [0.25, 0.3) is 0 Å². The standard InChI is InChI=1S/C63H43N3S/c1-2-45-60(54-38-43(39-17-5-3-6-18-39)37-53-49-32-29-40-19-9-10-22-46(40)61(49)67-62(53)54)50-25-11-14-26-55(50)64-63(45)66-57-28-16-13-24-48(57)52-36-42(31-34-59(52)66)41-30-33-58-51(35-41)47-23-12-15-27-56(47)65(58)44-20-7-4-8-21-44/h3-38,45,60H,2H2,1H3. The molecule has 0 aliphatic carbocycles. The normalized spacial score (nSPS) is 15.1. The van der Waals surface area contributed by atoms with Crippen LogP contribution in [0.5, 0.6) is 0 Å². The van der Waals surface area contributed by atoms with E-state index < -0.39 is 0 Å². The number of hydrogen-bond acceptors (Lipinski definition) is 2. The van der Waals surface area contributed by atoms with Crippen molar-refractivity contribution in [1.29, 1.82) is 0 Å². The molecule has 3 nitrogen and oxygen atoms in total. The third kappa shape index (κ3) is 5.79. The minimum atomic E-state index is 0.0689. The number of nitrogens with zero attached hydrogens (tertiary/aromatic N) is 3. The van der Waals surface area contributed by atoms with Crippen molar-refractivity contribution in [2.75, 3.05) is 0 Å². The number of aliphatic imine (C=N–C) groups is 1. The van der Waals surface area contributed by atoms with Gasteiger partial charge < -0.3 is 4.57 Å². The highest BCUT2D eigenvalue weighted by atomic mass is 32.1. The average molecular weight is 874 g/mol. The van der Waals surface area contributed by atoms with Gasteiger partial charge in [-0.1, -0.05) is 159 Å². The summed E-state index contributed by atoms with van der Waals surface area (Å²) < 4.78 is 7.60. The number of rotatable bonds is 5. The second kappa shape index (κ2) is 15.0. The second-order valence-corrected chi connectivity index (χ2v) is 19.1. The number of thiophene rings is 1. The maximum Gasteiger partial charge on any atom is 0.118 e. The maximum absolute atomic E-state index is 5.71. The molecule has 0 amide bonds. The van der Waals surface area contributed by atoms with Crippen molar-refractivity contribution >= 4 is 97.4 Å². The van der Waals surface area contributed by atoms with Gasteiger partial charge in [-0.15, -0.1) is 11.3 Å². The molecule has 0 spiro atoms. The summed E-state index contributed by atoms with van der Waals surface area (Å²) in [4.78, 5) is 5.71. The summed E-state index contributed by atoms with van der Waals surface area (Å²) in [5.41, 5.74) is 14.6. The largest absolute Gasteiger partial charge is 0.309 e. The first-order valence-electron chi connectivity index (χ1n) is 23.4. The van der Waals surface area contributed by atoms with E-state index in [1.54, 1.807) is 0 Å². The molecule has 1 aliphatic rings. The summed E-state index contributed by atoms with van der Waals surface area (Å²) in [6.07, 6.45) is 0.922. The monoisotopic (exact) mass is 873 g/mol. The van der Waals surface area contributed by atoms with Gasteiger partial charge in [0, 0.05) is 59.2 Å². The molecule has 4 heteroatoms. The molecule has 10 aromatic carbocycles. The summed E-state index contributed by atoms with van der Waals surface area (Å²) in [5, 5.41) is 10.2. The lowest BCUT2D eigenvalue weighted by Crippen LogP contribution is -2.31. The Labute approximate surface area is 392 Å². The third-order valence-electron chi connectivity index (χ3n) is 14.5. The van der Waals surface area contributed by atoms with Gasteiger partial charge in [0.15, 0.2) is 0 Å². The highest BCUT2D eigenvalue weighted by Crippen LogP contribution is 2.51. The van der Waals surface area contributed by atoms with E-state index in [1.165, 1.54) is 114 Å². The van der Waals surface area contributed by atoms with Gasteiger partial charge in [0.05, 0.1) is 27.8 Å². The van der Waals surface area contributed by atoms with Gasteiger partial charge in [-0.05, 0) is 117 Å². The zero-order chi connectivity index (χ0) is 44.2. The third-order valence-corrected chi connectivity index (χ3v) is 15.8. The summed E-state index contributed by atoms with van der Waals surface area (Å²) in [6.45, 7) is 2.36. The minimum absolute atomic E-state index is 0.0689. The smallest absolute Gasteiger partial charge is 0.118 e. The lowest BCUT2D eigenvalue weighted by atomic mass is 9.75. The van der Waals surface area contributed by atoms with Crippen LogP contribution in [0.4, 0.5) is 5.69 Å². The fraction of sp³-hybridized carbons (Fsp3) is 0.0635. The highest BCUT2D eigenvalue weighted by Gasteiger charge is 2.37. The predicted octanol–water partition coefficient (Wildman–Crippen LogP) is 17.5. The van der Waals surface area contributed by atoms with E-state index in [2.05, 4.69) is 234 Å². The lowest BCUT2D eigenvalue weighted by Gasteiger charge is -2.34. The fourth-order valence-electron chi connectivity index (χ4n) is 11.5. The van der Waals surface area contributed by atoms with Gasteiger partial charge >= 0.3 is 0 Å². The predicted molar refractivity (Wildman–Crippen MR) is 286 cm³/mol. The second-order valence-electron chi connectivity index (χ2n) is 18.1. The summed E-state index contributed by atoms with van der Waals surface area (Å²) >= 11 is 1.96. The molecule has 4 heterocycles. The Bertz CT molecular complexity index is 4150. The molecule has 67 heavy (non-hydrogen) atoms. The summed E-state index contributed by atoms with van der Waals surface area (Å²) in [7, 11) is 0. The SMILES string of the molecule is CCC1C(n2c3ccccc3c3cc(-c4ccc5c(c4)c4ccccc4n5-c4ccccc4)ccc32)=Nc2ccccc2C1c1cc(-c2ccccc2)cc2c1sc1c3ccccc3ccc21. The molecule has 2 unspecified atom stereocenters. The summed E-state index contributed by atoms with van der Waals surface area (Å²) in [5.74, 6) is 1.26. The Kier molecular flexibility index (Phi) is 8.56. The van der Waals surface area contributed by atoms with Gasteiger partial charge in [-0.3, -0.25) is 4.57 Å². The first kappa shape index (κ1) is 38.2. The average Bonchev–Trinajstić information content (AvgIpc) is 4.06. The number of fused-ring (bicyclic) bond motifs is 12. The Balaban J connectivity index is 0.970. The van der Waals surface area contributed by atoms with Crippen molar-refractivity contribution in [1.82, 2.24) is 9.13 Å². The topological polar surface area (TPSA) is 22.2 Å². The zero-order valence-electron chi connectivity index (χ0n) is 36.9. The number of hydrogen-bond donors (Lipinski definition) is 0.